The molecule has 1 aromatic heterocycles. The number of hydrogen-bond acceptors (Lipinski definition) is 2. The van der Waals surface area contributed by atoms with Crippen LogP contribution in [0.2, 0.25) is 0 Å². The molecule has 0 aliphatic rings. The predicted octanol–water partition coefficient (Wildman–Crippen LogP) is 1.68. The Hall–Kier alpha value is -1.33. The van der Waals surface area contributed by atoms with Crippen molar-refractivity contribution in [3.63, 3.8) is 0 Å². The minimum absolute atomic E-state index is 0.0603. The third kappa shape index (κ3) is 2.30. The van der Waals surface area contributed by atoms with E-state index < -0.39 is 0 Å². The van der Waals surface area contributed by atoms with Crippen LogP contribution in [0.15, 0.2) is 12.1 Å². The number of rotatable bonds is 2. The second kappa shape index (κ2) is 4.06. The molecule has 2 nitrogen and oxygen atoms in total. The number of aliphatic hydroxyl groups excluding tert-OH is 1. The van der Waals surface area contributed by atoms with Crippen LogP contribution in [0.25, 0.3) is 0 Å². The standard InChI is InChI=1S/C11H13NO/c1-4-10-5-9(8(2)3)6-11(7-13)12-10/h1,5-6,8,13H,7H2,2-3H3. The van der Waals surface area contributed by atoms with Gasteiger partial charge in [0.05, 0.1) is 12.3 Å². The van der Waals surface area contributed by atoms with Crippen molar-refractivity contribution in [1.82, 2.24) is 4.98 Å². The van der Waals surface area contributed by atoms with Crippen LogP contribution in [0.3, 0.4) is 0 Å². The minimum Gasteiger partial charge on any atom is -0.390 e. The largest absolute Gasteiger partial charge is 0.390 e. The van der Waals surface area contributed by atoms with Crippen molar-refractivity contribution in [3.8, 4) is 12.3 Å². The first-order valence-electron chi connectivity index (χ1n) is 4.25. The Morgan fingerprint density at radius 2 is 2.23 bits per heavy atom. The maximum atomic E-state index is 8.93. The van der Waals surface area contributed by atoms with Gasteiger partial charge in [-0.1, -0.05) is 19.8 Å². The molecule has 0 unspecified atom stereocenters. The number of terminal acetylenes is 1. The van der Waals surface area contributed by atoms with Crippen LogP contribution in [0.4, 0.5) is 0 Å². The van der Waals surface area contributed by atoms with Gasteiger partial charge in [0.25, 0.3) is 0 Å². The highest BCUT2D eigenvalue weighted by Gasteiger charge is 2.03. The molecular formula is C11H13NO. The Labute approximate surface area is 78.6 Å². The number of hydrogen-bond donors (Lipinski definition) is 1. The van der Waals surface area contributed by atoms with Gasteiger partial charge >= 0.3 is 0 Å². The molecule has 0 aliphatic heterocycles. The van der Waals surface area contributed by atoms with E-state index in [0.29, 0.717) is 17.3 Å². The summed E-state index contributed by atoms with van der Waals surface area (Å²) in [5.74, 6) is 2.88. The third-order valence-electron chi connectivity index (χ3n) is 1.88. The zero-order valence-electron chi connectivity index (χ0n) is 7.91. The summed E-state index contributed by atoms with van der Waals surface area (Å²) in [4.78, 5) is 4.07. The first-order valence-corrected chi connectivity index (χ1v) is 4.25. The smallest absolute Gasteiger partial charge is 0.113 e. The molecule has 1 heterocycles. The summed E-state index contributed by atoms with van der Waals surface area (Å²) in [6.07, 6.45) is 5.25. The molecule has 0 bridgehead atoms. The summed E-state index contributed by atoms with van der Waals surface area (Å²) in [7, 11) is 0. The van der Waals surface area contributed by atoms with E-state index in [1.54, 1.807) is 0 Å². The van der Waals surface area contributed by atoms with Crippen molar-refractivity contribution < 1.29 is 5.11 Å². The van der Waals surface area contributed by atoms with Gasteiger partial charge in [0.1, 0.15) is 5.69 Å². The topological polar surface area (TPSA) is 33.1 Å². The Balaban J connectivity index is 3.17. The molecule has 1 N–H and O–H groups in total. The lowest BCUT2D eigenvalue weighted by atomic mass is 10.0. The van der Waals surface area contributed by atoms with Crippen molar-refractivity contribution in [1.29, 1.82) is 0 Å². The lowest BCUT2D eigenvalue weighted by molar-refractivity contribution is 0.276. The first kappa shape index (κ1) is 9.76. The van der Waals surface area contributed by atoms with E-state index in [1.165, 1.54) is 0 Å². The molecule has 1 rings (SSSR count). The normalized spacial score (nSPS) is 10.1. The zero-order chi connectivity index (χ0) is 9.84. The maximum Gasteiger partial charge on any atom is 0.113 e. The van der Waals surface area contributed by atoms with Crippen molar-refractivity contribution in [2.75, 3.05) is 0 Å². The molecule has 68 valence electrons. The molecule has 0 atom stereocenters. The van der Waals surface area contributed by atoms with Crippen LogP contribution < -0.4 is 0 Å². The van der Waals surface area contributed by atoms with Crippen molar-refractivity contribution in [2.24, 2.45) is 0 Å². The van der Waals surface area contributed by atoms with Gasteiger partial charge in [-0.25, -0.2) is 4.98 Å². The average Bonchev–Trinajstić information content (AvgIpc) is 2.16. The zero-order valence-corrected chi connectivity index (χ0v) is 7.91. The molecule has 0 aromatic carbocycles. The highest BCUT2D eigenvalue weighted by Crippen LogP contribution is 2.15. The summed E-state index contributed by atoms with van der Waals surface area (Å²) < 4.78 is 0. The Morgan fingerprint density at radius 1 is 1.54 bits per heavy atom. The summed E-state index contributed by atoms with van der Waals surface area (Å²) in [6, 6.07) is 3.76. The molecule has 0 saturated carbocycles. The summed E-state index contributed by atoms with van der Waals surface area (Å²) >= 11 is 0. The van der Waals surface area contributed by atoms with Gasteiger partial charge in [-0.3, -0.25) is 0 Å². The predicted molar refractivity (Wildman–Crippen MR) is 52.2 cm³/mol. The van der Waals surface area contributed by atoms with Crippen molar-refractivity contribution in [3.05, 3.63) is 29.1 Å². The van der Waals surface area contributed by atoms with E-state index in [0.717, 1.165) is 5.56 Å². The Kier molecular flexibility index (Phi) is 3.05. The van der Waals surface area contributed by atoms with E-state index >= 15 is 0 Å². The van der Waals surface area contributed by atoms with Gasteiger partial charge in [-0.2, -0.15) is 0 Å². The highest BCUT2D eigenvalue weighted by molar-refractivity contribution is 5.32. The molecule has 0 spiro atoms. The van der Waals surface area contributed by atoms with E-state index in [2.05, 4.69) is 24.8 Å². The van der Waals surface area contributed by atoms with E-state index in [1.807, 2.05) is 12.1 Å². The van der Waals surface area contributed by atoms with Crippen molar-refractivity contribution in [2.45, 2.75) is 26.4 Å². The molecular weight excluding hydrogens is 162 g/mol. The van der Waals surface area contributed by atoms with Crippen LogP contribution in [0.5, 0.6) is 0 Å². The fourth-order valence-electron chi connectivity index (χ4n) is 1.10. The van der Waals surface area contributed by atoms with E-state index in [9.17, 15) is 0 Å². The number of nitrogens with zero attached hydrogens (tertiary/aromatic N) is 1. The second-order valence-corrected chi connectivity index (χ2v) is 3.23. The third-order valence-corrected chi connectivity index (χ3v) is 1.88. The van der Waals surface area contributed by atoms with Gasteiger partial charge in [-0.05, 0) is 23.6 Å². The summed E-state index contributed by atoms with van der Waals surface area (Å²) in [5, 5.41) is 8.93. The summed E-state index contributed by atoms with van der Waals surface area (Å²) in [5.41, 5.74) is 2.35. The van der Waals surface area contributed by atoms with Crippen LogP contribution >= 0.6 is 0 Å². The van der Waals surface area contributed by atoms with Gasteiger partial charge in [0.2, 0.25) is 0 Å². The number of aromatic nitrogens is 1. The highest BCUT2D eigenvalue weighted by atomic mass is 16.3. The van der Waals surface area contributed by atoms with Gasteiger partial charge in [-0.15, -0.1) is 6.42 Å². The maximum absolute atomic E-state index is 8.93. The van der Waals surface area contributed by atoms with Crippen LogP contribution in [-0.2, 0) is 6.61 Å². The molecule has 0 fully saturated rings. The molecule has 0 amide bonds. The lowest BCUT2D eigenvalue weighted by Gasteiger charge is -2.07. The minimum atomic E-state index is -0.0603. The van der Waals surface area contributed by atoms with E-state index in [-0.39, 0.29) is 6.61 Å². The fraction of sp³-hybridized carbons (Fsp3) is 0.364. The fourth-order valence-corrected chi connectivity index (χ4v) is 1.10. The van der Waals surface area contributed by atoms with Gasteiger partial charge in [0, 0.05) is 0 Å². The quantitative estimate of drug-likeness (QED) is 0.694. The first-order chi connectivity index (χ1) is 6.17. The molecule has 0 saturated heterocycles. The van der Waals surface area contributed by atoms with Crippen LogP contribution in [0.1, 0.15) is 36.7 Å². The van der Waals surface area contributed by atoms with E-state index in [4.69, 9.17) is 11.5 Å². The summed E-state index contributed by atoms with van der Waals surface area (Å²) in [6.45, 7) is 4.10. The van der Waals surface area contributed by atoms with Crippen LogP contribution in [-0.4, -0.2) is 10.1 Å². The average molecular weight is 175 g/mol. The SMILES string of the molecule is C#Cc1cc(C(C)C)cc(CO)n1. The number of pyridine rings is 1. The molecule has 13 heavy (non-hydrogen) atoms. The lowest BCUT2D eigenvalue weighted by Crippen LogP contribution is -1.97. The monoisotopic (exact) mass is 175 g/mol. The van der Waals surface area contributed by atoms with Crippen molar-refractivity contribution >= 4 is 0 Å². The molecule has 1 aromatic rings. The Morgan fingerprint density at radius 3 is 2.69 bits per heavy atom. The Bertz CT molecular complexity index is 336. The second-order valence-electron chi connectivity index (χ2n) is 3.23. The molecule has 0 aliphatic carbocycles. The molecule has 2 heteroatoms. The van der Waals surface area contributed by atoms with Crippen LogP contribution in [0, 0.1) is 12.3 Å². The van der Waals surface area contributed by atoms with Gasteiger partial charge in [0.15, 0.2) is 0 Å². The van der Waals surface area contributed by atoms with Gasteiger partial charge < -0.3 is 5.11 Å². The molecule has 0 radical (unpaired) electrons. The number of aliphatic hydroxyl groups is 1.